The molecular weight excluding hydrogens is 396 g/mol. The van der Waals surface area contributed by atoms with Gasteiger partial charge in [-0.05, 0) is 12.5 Å². The fraction of sp³-hybridized carbons (Fsp3) is 0.480. The van der Waals surface area contributed by atoms with Crippen LogP contribution in [0.25, 0.3) is 0 Å². The molecule has 0 amide bonds. The summed E-state index contributed by atoms with van der Waals surface area (Å²) >= 11 is 0. The fourth-order valence-corrected chi connectivity index (χ4v) is 4.64. The number of aromatic hydroxyl groups is 3. The second-order valence-electron chi connectivity index (χ2n) is 8.50. The van der Waals surface area contributed by atoms with Crippen molar-refractivity contribution < 1.29 is 29.6 Å². The smallest absolute Gasteiger partial charge is 0.242 e. The highest BCUT2D eigenvalue weighted by Gasteiger charge is 2.41. The van der Waals surface area contributed by atoms with Crippen molar-refractivity contribution in [2.45, 2.75) is 76.9 Å². The summed E-state index contributed by atoms with van der Waals surface area (Å²) in [6.07, 6.45) is 7.85. The lowest BCUT2D eigenvalue weighted by Crippen LogP contribution is -2.36. The molecule has 2 heterocycles. The van der Waals surface area contributed by atoms with Gasteiger partial charge in [-0.25, -0.2) is 0 Å². The Morgan fingerprint density at radius 3 is 2.48 bits per heavy atom. The maximum Gasteiger partial charge on any atom is 0.242 e. The molecule has 0 radical (unpaired) electrons. The first-order valence-electron chi connectivity index (χ1n) is 11.3. The third-order valence-electron chi connectivity index (χ3n) is 6.22. The monoisotopic (exact) mass is 426 g/mol. The molecule has 6 nitrogen and oxygen atoms in total. The van der Waals surface area contributed by atoms with Gasteiger partial charge in [0.15, 0.2) is 5.78 Å². The molecule has 2 unspecified atom stereocenters. The van der Waals surface area contributed by atoms with E-state index in [1.807, 2.05) is 0 Å². The van der Waals surface area contributed by atoms with Crippen LogP contribution in [0, 0.1) is 0 Å². The number of unbranched alkanes of at least 4 members (excludes halogenated alkanes) is 6. The van der Waals surface area contributed by atoms with Crippen LogP contribution in [-0.2, 0) is 0 Å². The number of phenols is 3. The Morgan fingerprint density at radius 2 is 1.71 bits per heavy atom. The molecule has 2 bridgehead atoms. The molecule has 0 saturated carbocycles. The van der Waals surface area contributed by atoms with E-state index >= 15 is 0 Å². The summed E-state index contributed by atoms with van der Waals surface area (Å²) in [7, 11) is 0. The highest BCUT2D eigenvalue weighted by molar-refractivity contribution is 6.02. The number of carbonyl (C=O) groups excluding carboxylic acids is 1. The first kappa shape index (κ1) is 21.3. The predicted molar refractivity (Wildman–Crippen MR) is 116 cm³/mol. The van der Waals surface area contributed by atoms with Gasteiger partial charge in [0.1, 0.15) is 34.3 Å². The van der Waals surface area contributed by atoms with Crippen LogP contribution in [0.5, 0.6) is 28.7 Å². The normalized spacial score (nSPS) is 18.5. The van der Waals surface area contributed by atoms with E-state index in [1.54, 1.807) is 12.1 Å². The van der Waals surface area contributed by atoms with Gasteiger partial charge in [0.05, 0.1) is 0 Å². The summed E-state index contributed by atoms with van der Waals surface area (Å²) in [5, 5.41) is 30.9. The van der Waals surface area contributed by atoms with E-state index in [1.165, 1.54) is 37.8 Å². The molecule has 2 aromatic carbocycles. The lowest BCUT2D eigenvalue weighted by molar-refractivity contribution is -0.0276. The number of ether oxygens (including phenoxy) is 2. The van der Waals surface area contributed by atoms with Crippen molar-refractivity contribution in [2.24, 2.45) is 0 Å². The summed E-state index contributed by atoms with van der Waals surface area (Å²) in [5.41, 5.74) is 1.43. The molecule has 2 aliphatic rings. The maximum absolute atomic E-state index is 13.0. The zero-order valence-corrected chi connectivity index (χ0v) is 17.9. The van der Waals surface area contributed by atoms with Gasteiger partial charge in [0, 0.05) is 42.0 Å². The molecule has 0 spiro atoms. The Kier molecular flexibility index (Phi) is 6.25. The number of hydrogen-bond acceptors (Lipinski definition) is 6. The zero-order valence-electron chi connectivity index (χ0n) is 17.9. The van der Waals surface area contributed by atoms with E-state index in [0.717, 1.165) is 24.8 Å². The Bertz CT molecular complexity index is 967. The first-order chi connectivity index (χ1) is 15.0. The van der Waals surface area contributed by atoms with E-state index in [9.17, 15) is 20.1 Å². The number of ketones is 1. The number of Topliss-reactive ketones (excluding diaryl/α,β-unsaturated/α-hetero) is 1. The van der Waals surface area contributed by atoms with Crippen molar-refractivity contribution in [3.05, 3.63) is 41.0 Å². The van der Waals surface area contributed by atoms with Crippen molar-refractivity contribution in [3.8, 4) is 28.7 Å². The number of hydrogen-bond donors (Lipinski definition) is 3. The minimum atomic E-state index is -0.655. The van der Waals surface area contributed by atoms with Crippen LogP contribution in [0.3, 0.4) is 0 Å². The van der Waals surface area contributed by atoms with Crippen LogP contribution < -0.4 is 9.47 Å². The van der Waals surface area contributed by atoms with Gasteiger partial charge >= 0.3 is 0 Å². The number of benzene rings is 2. The second kappa shape index (κ2) is 9.08. The van der Waals surface area contributed by atoms with Gasteiger partial charge in [-0.15, -0.1) is 0 Å². The average Bonchev–Trinajstić information content (AvgIpc) is 2.72. The van der Waals surface area contributed by atoms with E-state index in [-0.39, 0.29) is 40.3 Å². The number of carbonyl (C=O) groups is 1. The molecule has 31 heavy (non-hydrogen) atoms. The topological polar surface area (TPSA) is 96.2 Å². The summed E-state index contributed by atoms with van der Waals surface area (Å²) < 4.78 is 11.8. The lowest BCUT2D eigenvalue weighted by atomic mass is 9.81. The van der Waals surface area contributed by atoms with Gasteiger partial charge in [-0.1, -0.05) is 51.5 Å². The van der Waals surface area contributed by atoms with Crippen molar-refractivity contribution in [1.82, 2.24) is 0 Å². The van der Waals surface area contributed by atoms with Crippen molar-refractivity contribution in [3.63, 3.8) is 0 Å². The van der Waals surface area contributed by atoms with Crippen LogP contribution in [0.2, 0.25) is 0 Å². The molecule has 4 rings (SSSR count). The lowest BCUT2D eigenvalue weighted by Gasteiger charge is -2.38. The van der Waals surface area contributed by atoms with Crippen LogP contribution >= 0.6 is 0 Å². The highest BCUT2D eigenvalue weighted by Crippen LogP contribution is 2.54. The molecule has 2 aliphatic heterocycles. The molecule has 0 saturated heterocycles. The molecule has 2 aromatic rings. The predicted octanol–water partition coefficient (Wildman–Crippen LogP) is 5.76. The number of fused-ring (bicyclic) bond motifs is 6. The molecule has 6 heteroatoms. The zero-order chi connectivity index (χ0) is 22.0. The maximum atomic E-state index is 13.0. The summed E-state index contributed by atoms with van der Waals surface area (Å²) in [6.45, 7) is 2.19. The number of phenolic OH excluding ortho intramolecular Hbond substituents is 3. The van der Waals surface area contributed by atoms with Gasteiger partial charge < -0.3 is 24.8 Å². The average molecular weight is 427 g/mol. The second-order valence-corrected chi connectivity index (χ2v) is 8.50. The van der Waals surface area contributed by atoms with E-state index in [4.69, 9.17) is 9.47 Å². The Morgan fingerprint density at radius 1 is 0.968 bits per heavy atom. The molecule has 0 fully saturated rings. The quantitative estimate of drug-likeness (QED) is 0.348. The van der Waals surface area contributed by atoms with Crippen molar-refractivity contribution in [1.29, 1.82) is 0 Å². The molecule has 3 N–H and O–H groups in total. The molecule has 166 valence electrons. The third kappa shape index (κ3) is 4.29. The largest absolute Gasteiger partial charge is 0.508 e. The minimum absolute atomic E-state index is 0.0828. The summed E-state index contributed by atoms with van der Waals surface area (Å²) in [4.78, 5) is 13.0. The van der Waals surface area contributed by atoms with Crippen LogP contribution in [0.1, 0.15) is 92.1 Å². The Balaban J connectivity index is 1.56. The van der Waals surface area contributed by atoms with Crippen LogP contribution in [-0.4, -0.2) is 27.4 Å². The summed E-state index contributed by atoms with van der Waals surface area (Å²) in [5.74, 6) is -0.0170. The van der Waals surface area contributed by atoms with Gasteiger partial charge in [-0.3, -0.25) is 4.79 Å². The number of rotatable bonds is 9. The van der Waals surface area contributed by atoms with Crippen molar-refractivity contribution in [2.75, 3.05) is 0 Å². The van der Waals surface area contributed by atoms with Gasteiger partial charge in [0.25, 0.3) is 0 Å². The van der Waals surface area contributed by atoms with Gasteiger partial charge in [0.2, 0.25) is 6.29 Å². The fourth-order valence-electron chi connectivity index (χ4n) is 4.64. The molecule has 0 aliphatic carbocycles. The highest BCUT2D eigenvalue weighted by atomic mass is 16.7. The van der Waals surface area contributed by atoms with Gasteiger partial charge in [-0.2, -0.15) is 0 Å². The first-order valence-corrected chi connectivity index (χ1v) is 11.3. The molecule has 2 atom stereocenters. The molecule has 0 aromatic heterocycles. The van der Waals surface area contributed by atoms with Crippen LogP contribution in [0.15, 0.2) is 24.3 Å². The SMILES string of the molecule is CCCCCCCCCC(=O)c1c(O)cc(O)c2c1OC1CC2c2ccc(O)cc2O1. The molecular formula is C25H30O6. The standard InChI is InChI=1S/C25H30O6/c1-2-3-4-5-6-7-8-9-18(27)24-20(29)14-19(28)23-17-13-22(31-25(23)24)30-21-12-15(26)10-11-16(17)21/h10-12,14,17,22,26,28-29H,2-9,13H2,1H3. The van der Waals surface area contributed by atoms with E-state index < -0.39 is 6.29 Å². The Hall–Kier alpha value is -2.89. The van der Waals surface area contributed by atoms with Crippen LogP contribution in [0.4, 0.5) is 0 Å². The van der Waals surface area contributed by atoms with E-state index in [2.05, 4.69) is 6.92 Å². The van der Waals surface area contributed by atoms with Crippen molar-refractivity contribution >= 4 is 5.78 Å². The van der Waals surface area contributed by atoms with E-state index in [0.29, 0.717) is 24.2 Å². The Labute approximate surface area is 182 Å². The summed E-state index contributed by atoms with van der Waals surface area (Å²) in [6, 6.07) is 6.08. The minimum Gasteiger partial charge on any atom is -0.508 e. The third-order valence-corrected chi connectivity index (χ3v) is 6.22.